The van der Waals surface area contributed by atoms with Crippen molar-refractivity contribution in [2.45, 2.75) is 13.5 Å². The molecule has 152 valence electrons. The molecule has 0 aliphatic carbocycles. The van der Waals surface area contributed by atoms with Crippen molar-refractivity contribution in [1.29, 1.82) is 0 Å². The van der Waals surface area contributed by atoms with Crippen molar-refractivity contribution in [3.63, 3.8) is 0 Å². The van der Waals surface area contributed by atoms with Gasteiger partial charge >= 0.3 is 0 Å². The average Bonchev–Trinajstić information content (AvgIpc) is 3.20. The van der Waals surface area contributed by atoms with E-state index in [9.17, 15) is 4.79 Å². The van der Waals surface area contributed by atoms with Crippen LogP contribution in [-0.2, 0) is 11.4 Å². The van der Waals surface area contributed by atoms with E-state index in [1.165, 1.54) is 6.92 Å². The molecule has 0 aliphatic rings. The molecule has 0 atom stereocenters. The van der Waals surface area contributed by atoms with Crippen molar-refractivity contribution in [2.24, 2.45) is 0 Å². The lowest BCUT2D eigenvalue weighted by Crippen LogP contribution is -2.26. The number of imidazole rings is 1. The van der Waals surface area contributed by atoms with Gasteiger partial charge in [0, 0.05) is 25.6 Å². The molecule has 0 saturated heterocycles. The van der Waals surface area contributed by atoms with E-state index in [1.54, 1.807) is 0 Å². The van der Waals surface area contributed by atoms with Crippen LogP contribution < -0.4 is 15.4 Å². The highest BCUT2D eigenvalue weighted by Gasteiger charge is 2.08. The number of nitrogens with zero attached hydrogens (tertiary/aromatic N) is 2. The van der Waals surface area contributed by atoms with Crippen molar-refractivity contribution in [1.82, 2.24) is 20.3 Å². The van der Waals surface area contributed by atoms with Gasteiger partial charge in [-0.2, -0.15) is 0 Å². The number of benzene rings is 2. The van der Waals surface area contributed by atoms with E-state index in [0.717, 1.165) is 34.0 Å². The lowest BCUT2D eigenvalue weighted by molar-refractivity contribution is -0.118. The fourth-order valence-electron chi connectivity index (χ4n) is 3.01. The molecule has 4 aromatic rings. The molecule has 0 saturated carbocycles. The number of carbonyl (C=O) groups excluding carboxylic acids is 1. The fraction of sp³-hybridized carbons (Fsp3) is 0.174. The summed E-state index contributed by atoms with van der Waals surface area (Å²) in [6.07, 6.45) is 0. The molecule has 0 radical (unpaired) electrons. The van der Waals surface area contributed by atoms with E-state index in [1.807, 2.05) is 66.7 Å². The average molecular weight is 401 g/mol. The largest absolute Gasteiger partial charge is 0.489 e. The van der Waals surface area contributed by atoms with Gasteiger partial charge < -0.3 is 20.4 Å². The van der Waals surface area contributed by atoms with Crippen molar-refractivity contribution in [2.75, 3.05) is 18.4 Å². The zero-order chi connectivity index (χ0) is 20.8. The summed E-state index contributed by atoms with van der Waals surface area (Å²) < 4.78 is 5.84. The van der Waals surface area contributed by atoms with Gasteiger partial charge in [0.25, 0.3) is 0 Å². The Morgan fingerprint density at radius 2 is 1.77 bits per heavy atom. The first kappa shape index (κ1) is 19.4. The van der Waals surface area contributed by atoms with E-state index in [0.29, 0.717) is 25.3 Å². The van der Waals surface area contributed by atoms with Crippen LogP contribution in [0.4, 0.5) is 5.82 Å². The van der Waals surface area contributed by atoms with Crippen LogP contribution in [0.15, 0.2) is 66.7 Å². The van der Waals surface area contributed by atoms with Gasteiger partial charge in [0.15, 0.2) is 5.65 Å². The molecule has 0 fully saturated rings. The number of fused-ring (bicyclic) bond motifs is 1. The number of amides is 1. The molecular weight excluding hydrogens is 378 g/mol. The van der Waals surface area contributed by atoms with Gasteiger partial charge in [-0.3, -0.25) is 4.79 Å². The Hall–Kier alpha value is -3.87. The van der Waals surface area contributed by atoms with Gasteiger partial charge in [0.1, 0.15) is 29.5 Å². The quantitative estimate of drug-likeness (QED) is 0.391. The molecule has 0 unspecified atom stereocenters. The minimum Gasteiger partial charge on any atom is -0.489 e. The second-order valence-electron chi connectivity index (χ2n) is 6.86. The third-order valence-electron chi connectivity index (χ3n) is 4.52. The van der Waals surface area contributed by atoms with Gasteiger partial charge in [-0.1, -0.05) is 30.3 Å². The van der Waals surface area contributed by atoms with Gasteiger partial charge in [0.2, 0.25) is 5.91 Å². The molecule has 1 amide bonds. The number of rotatable bonds is 8. The summed E-state index contributed by atoms with van der Waals surface area (Å²) in [4.78, 5) is 23.4. The summed E-state index contributed by atoms with van der Waals surface area (Å²) in [6.45, 7) is 3.18. The maximum absolute atomic E-state index is 10.9. The van der Waals surface area contributed by atoms with Crippen LogP contribution in [0.2, 0.25) is 0 Å². The predicted molar refractivity (Wildman–Crippen MR) is 117 cm³/mol. The first-order valence-corrected chi connectivity index (χ1v) is 9.79. The van der Waals surface area contributed by atoms with E-state index >= 15 is 0 Å². The molecule has 0 bridgehead atoms. The Bertz CT molecular complexity index is 1120. The lowest BCUT2D eigenvalue weighted by Gasteiger charge is -2.06. The fourth-order valence-corrected chi connectivity index (χ4v) is 3.01. The smallest absolute Gasteiger partial charge is 0.216 e. The Morgan fingerprint density at radius 3 is 2.53 bits per heavy atom. The predicted octanol–water partition coefficient (Wildman–Crippen LogP) is 3.75. The number of aromatic nitrogens is 3. The zero-order valence-electron chi connectivity index (χ0n) is 16.7. The Labute approximate surface area is 174 Å². The molecule has 0 aliphatic heterocycles. The van der Waals surface area contributed by atoms with Crippen LogP contribution in [-0.4, -0.2) is 33.9 Å². The molecule has 7 nitrogen and oxygen atoms in total. The number of hydrogen-bond acceptors (Lipinski definition) is 5. The number of pyridine rings is 1. The number of nitrogens with one attached hydrogen (secondary N) is 3. The number of hydrogen-bond donors (Lipinski definition) is 3. The number of H-pyrrole nitrogens is 1. The zero-order valence-corrected chi connectivity index (χ0v) is 16.7. The van der Waals surface area contributed by atoms with E-state index in [-0.39, 0.29) is 5.91 Å². The molecule has 30 heavy (non-hydrogen) atoms. The van der Waals surface area contributed by atoms with Crippen molar-refractivity contribution in [3.05, 3.63) is 72.3 Å². The van der Waals surface area contributed by atoms with Gasteiger partial charge in [0.05, 0.1) is 0 Å². The maximum Gasteiger partial charge on any atom is 0.216 e. The molecule has 3 N–H and O–H groups in total. The number of carbonyl (C=O) groups is 1. The van der Waals surface area contributed by atoms with Crippen molar-refractivity contribution >= 4 is 22.9 Å². The maximum atomic E-state index is 10.9. The number of anilines is 1. The minimum atomic E-state index is -0.0464. The second kappa shape index (κ2) is 9.09. The molecule has 2 aromatic carbocycles. The van der Waals surface area contributed by atoms with Crippen molar-refractivity contribution < 1.29 is 9.53 Å². The summed E-state index contributed by atoms with van der Waals surface area (Å²) >= 11 is 0. The van der Waals surface area contributed by atoms with Crippen LogP contribution in [0.1, 0.15) is 12.5 Å². The summed E-state index contributed by atoms with van der Waals surface area (Å²) in [7, 11) is 0. The third-order valence-corrected chi connectivity index (χ3v) is 4.52. The van der Waals surface area contributed by atoms with Gasteiger partial charge in [-0.15, -0.1) is 0 Å². The summed E-state index contributed by atoms with van der Waals surface area (Å²) in [5.74, 6) is 2.24. The highest BCUT2D eigenvalue weighted by Crippen LogP contribution is 2.23. The van der Waals surface area contributed by atoms with Crippen LogP contribution in [0.5, 0.6) is 5.75 Å². The second-order valence-corrected chi connectivity index (χ2v) is 6.86. The van der Waals surface area contributed by atoms with Crippen LogP contribution >= 0.6 is 0 Å². The SMILES string of the molecule is CC(=O)NCCNc1ccc2nc(-c3ccc(OCc4ccccc4)cc3)[nH]c2n1. The molecule has 2 heterocycles. The lowest BCUT2D eigenvalue weighted by atomic mass is 10.2. The number of ether oxygens (including phenoxy) is 1. The van der Waals surface area contributed by atoms with Gasteiger partial charge in [-0.05, 0) is 42.0 Å². The van der Waals surface area contributed by atoms with Crippen LogP contribution in [0.3, 0.4) is 0 Å². The Kier molecular flexibility index (Phi) is 5.89. The Morgan fingerprint density at radius 1 is 0.967 bits per heavy atom. The molecular formula is C23H23N5O2. The minimum absolute atomic E-state index is 0.0464. The summed E-state index contributed by atoms with van der Waals surface area (Å²) in [5, 5.41) is 5.93. The highest BCUT2D eigenvalue weighted by molar-refractivity contribution is 5.77. The topological polar surface area (TPSA) is 91.9 Å². The summed E-state index contributed by atoms with van der Waals surface area (Å²) in [5.41, 5.74) is 3.59. The van der Waals surface area contributed by atoms with Crippen LogP contribution in [0.25, 0.3) is 22.6 Å². The third kappa shape index (κ3) is 4.94. The highest BCUT2D eigenvalue weighted by atomic mass is 16.5. The van der Waals surface area contributed by atoms with Crippen molar-refractivity contribution in [3.8, 4) is 17.1 Å². The summed E-state index contributed by atoms with van der Waals surface area (Å²) in [6, 6.07) is 21.7. The number of aromatic amines is 1. The standard InChI is InChI=1S/C23H23N5O2/c1-16(29)24-13-14-25-21-12-11-20-23(27-21)28-22(26-20)18-7-9-19(10-8-18)30-15-17-5-3-2-4-6-17/h2-12H,13-15H2,1H3,(H,24,29)(H2,25,26,27,28). The molecule has 2 aromatic heterocycles. The van der Waals surface area contributed by atoms with Gasteiger partial charge in [-0.25, -0.2) is 9.97 Å². The van der Waals surface area contributed by atoms with E-state index in [4.69, 9.17) is 4.74 Å². The molecule has 0 spiro atoms. The van der Waals surface area contributed by atoms with E-state index < -0.39 is 0 Å². The first-order valence-electron chi connectivity index (χ1n) is 9.79. The van der Waals surface area contributed by atoms with Crippen LogP contribution in [0, 0.1) is 0 Å². The van der Waals surface area contributed by atoms with E-state index in [2.05, 4.69) is 25.6 Å². The Balaban J connectivity index is 1.40. The first-order chi connectivity index (χ1) is 14.7. The normalized spacial score (nSPS) is 10.7. The molecule has 7 heteroatoms. The molecule has 4 rings (SSSR count). The monoisotopic (exact) mass is 401 g/mol.